The van der Waals surface area contributed by atoms with E-state index < -0.39 is 11.8 Å². The molecule has 2 heterocycles. The number of carboxylic acid groups (broad SMARTS) is 1. The molecule has 9 heteroatoms. The fourth-order valence-corrected chi connectivity index (χ4v) is 2.36. The van der Waals surface area contributed by atoms with E-state index in [1.54, 1.807) is 18.2 Å². The minimum absolute atomic E-state index is 0.179. The van der Waals surface area contributed by atoms with Crippen LogP contribution in [0.25, 0.3) is 11.4 Å². The first-order valence-electron chi connectivity index (χ1n) is 6.37. The minimum Gasteiger partial charge on any atom is -0.475 e. The summed E-state index contributed by atoms with van der Waals surface area (Å²) >= 11 is 2.02. The molecule has 0 aliphatic rings. The Morgan fingerprint density at radius 1 is 1.30 bits per heavy atom. The van der Waals surface area contributed by atoms with Crippen LogP contribution in [-0.4, -0.2) is 31.2 Å². The average Bonchev–Trinajstić information content (AvgIpc) is 3.00. The molecule has 2 aromatic heterocycles. The van der Waals surface area contributed by atoms with Gasteiger partial charge in [-0.05, 0) is 46.9 Å². The smallest absolute Gasteiger partial charge is 0.373 e. The molecule has 0 radical (unpaired) electrons. The first kappa shape index (κ1) is 15.3. The Balaban J connectivity index is 1.98. The number of pyridine rings is 1. The normalized spacial score (nSPS) is 10.5. The molecule has 3 N–H and O–H groups in total. The van der Waals surface area contributed by atoms with E-state index in [0.717, 1.165) is 3.57 Å². The second kappa shape index (κ2) is 6.28. The number of halogens is 2. The van der Waals surface area contributed by atoms with E-state index in [4.69, 9.17) is 5.11 Å². The van der Waals surface area contributed by atoms with E-state index in [-0.39, 0.29) is 17.3 Å². The van der Waals surface area contributed by atoms with E-state index in [0.29, 0.717) is 11.3 Å². The highest BCUT2D eigenvalue weighted by molar-refractivity contribution is 14.1. The Hall–Kier alpha value is -2.56. The van der Waals surface area contributed by atoms with Gasteiger partial charge in [-0.1, -0.05) is 0 Å². The fourth-order valence-electron chi connectivity index (χ4n) is 1.90. The lowest BCUT2D eigenvalue weighted by molar-refractivity contribution is 0.0684. The van der Waals surface area contributed by atoms with Crippen molar-refractivity contribution in [2.45, 2.75) is 0 Å². The van der Waals surface area contributed by atoms with Crippen LogP contribution in [0.5, 0.6) is 0 Å². The molecule has 0 aliphatic heterocycles. The third-order valence-corrected chi connectivity index (χ3v) is 3.62. The summed E-state index contributed by atoms with van der Waals surface area (Å²) < 4.78 is 14.8. The van der Waals surface area contributed by atoms with Crippen molar-refractivity contribution in [3.05, 3.63) is 51.9 Å². The zero-order chi connectivity index (χ0) is 16.4. The van der Waals surface area contributed by atoms with E-state index in [1.807, 2.05) is 22.6 Å². The van der Waals surface area contributed by atoms with Gasteiger partial charge in [0.2, 0.25) is 5.82 Å². The van der Waals surface area contributed by atoms with Gasteiger partial charge in [0, 0.05) is 15.3 Å². The number of nitrogens with zero attached hydrogens (tertiary/aromatic N) is 3. The number of hydrogen-bond acceptors (Lipinski definition) is 5. The Bertz CT molecular complexity index is 883. The summed E-state index contributed by atoms with van der Waals surface area (Å²) in [5, 5.41) is 18.0. The molecule has 0 amide bonds. The van der Waals surface area contributed by atoms with Crippen LogP contribution in [0, 0.1) is 9.39 Å². The molecule has 7 nitrogen and oxygen atoms in total. The zero-order valence-corrected chi connectivity index (χ0v) is 13.6. The molecule has 0 atom stereocenters. The predicted octanol–water partition coefficient (Wildman–Crippen LogP) is 3.05. The van der Waals surface area contributed by atoms with Crippen molar-refractivity contribution in [3.8, 4) is 11.4 Å². The van der Waals surface area contributed by atoms with Gasteiger partial charge in [0.25, 0.3) is 0 Å². The lowest BCUT2D eigenvalue weighted by atomic mass is 10.2. The standard InChI is InChI=1S/C14H9FIN5O2/c15-9-5-7(16)1-2-10(9)18-11-6-17-4-3-8(11)12-19-13(14(22)23)21-20-12/h1-6,18H,(H,22,23)(H,19,20,21). The van der Waals surface area contributed by atoms with Crippen molar-refractivity contribution in [1.82, 2.24) is 20.2 Å². The Morgan fingerprint density at radius 3 is 2.83 bits per heavy atom. The minimum atomic E-state index is -1.21. The third-order valence-electron chi connectivity index (χ3n) is 2.95. The summed E-state index contributed by atoms with van der Waals surface area (Å²) in [4.78, 5) is 18.8. The number of anilines is 2. The maximum Gasteiger partial charge on any atom is 0.373 e. The largest absolute Gasteiger partial charge is 0.475 e. The molecule has 0 saturated heterocycles. The van der Waals surface area contributed by atoms with Crippen molar-refractivity contribution < 1.29 is 14.3 Å². The number of carboxylic acids is 1. The second-order valence-corrected chi connectivity index (χ2v) is 5.73. The van der Waals surface area contributed by atoms with Crippen LogP contribution in [0.15, 0.2) is 36.7 Å². The number of aromatic nitrogens is 4. The number of nitrogens with one attached hydrogen (secondary N) is 2. The quantitative estimate of drug-likeness (QED) is 0.556. The number of rotatable bonds is 4. The molecule has 1 aromatic carbocycles. The number of H-pyrrole nitrogens is 1. The highest BCUT2D eigenvalue weighted by atomic mass is 127. The third kappa shape index (κ3) is 3.28. The Labute approximate surface area is 143 Å². The molecule has 116 valence electrons. The SMILES string of the molecule is O=C(O)c1nc(-c2ccncc2Nc2ccc(I)cc2F)n[nH]1. The van der Waals surface area contributed by atoms with Gasteiger partial charge < -0.3 is 10.4 Å². The fraction of sp³-hybridized carbons (Fsp3) is 0. The number of hydrogen-bond donors (Lipinski definition) is 3. The zero-order valence-electron chi connectivity index (χ0n) is 11.4. The van der Waals surface area contributed by atoms with Gasteiger partial charge in [-0.2, -0.15) is 5.10 Å². The molecule has 0 aliphatic carbocycles. The van der Waals surface area contributed by atoms with Crippen molar-refractivity contribution in [3.63, 3.8) is 0 Å². The molecule has 3 rings (SSSR count). The van der Waals surface area contributed by atoms with Crippen LogP contribution in [-0.2, 0) is 0 Å². The summed E-state index contributed by atoms with van der Waals surface area (Å²) in [5.41, 5.74) is 1.24. The van der Waals surface area contributed by atoms with Crippen molar-refractivity contribution in [2.24, 2.45) is 0 Å². The van der Waals surface area contributed by atoms with Crippen LogP contribution < -0.4 is 5.32 Å². The lowest BCUT2D eigenvalue weighted by Gasteiger charge is -2.10. The Morgan fingerprint density at radius 2 is 2.13 bits per heavy atom. The van der Waals surface area contributed by atoms with Gasteiger partial charge in [-0.3, -0.25) is 10.1 Å². The monoisotopic (exact) mass is 425 g/mol. The first-order valence-corrected chi connectivity index (χ1v) is 7.44. The number of aromatic amines is 1. The molecule has 0 spiro atoms. The molecule has 23 heavy (non-hydrogen) atoms. The van der Waals surface area contributed by atoms with Gasteiger partial charge in [0.1, 0.15) is 5.82 Å². The summed E-state index contributed by atoms with van der Waals surface area (Å²) in [6.07, 6.45) is 3.01. The molecular formula is C14H9FIN5O2. The first-order chi connectivity index (χ1) is 11.0. The lowest BCUT2D eigenvalue weighted by Crippen LogP contribution is -1.99. The van der Waals surface area contributed by atoms with Crippen molar-refractivity contribution >= 4 is 39.9 Å². The predicted molar refractivity (Wildman–Crippen MR) is 89.0 cm³/mol. The second-order valence-electron chi connectivity index (χ2n) is 4.48. The van der Waals surface area contributed by atoms with Gasteiger partial charge in [0.05, 0.1) is 17.6 Å². The maximum atomic E-state index is 14.0. The number of aromatic carboxylic acids is 1. The van der Waals surface area contributed by atoms with E-state index in [1.165, 1.54) is 18.5 Å². The van der Waals surface area contributed by atoms with Crippen LogP contribution in [0.4, 0.5) is 15.8 Å². The highest BCUT2D eigenvalue weighted by Gasteiger charge is 2.15. The molecule has 0 saturated carbocycles. The van der Waals surface area contributed by atoms with Gasteiger partial charge >= 0.3 is 5.97 Å². The van der Waals surface area contributed by atoms with E-state index in [9.17, 15) is 9.18 Å². The maximum absolute atomic E-state index is 14.0. The van der Waals surface area contributed by atoms with Crippen molar-refractivity contribution in [1.29, 1.82) is 0 Å². The van der Waals surface area contributed by atoms with Gasteiger partial charge in [0.15, 0.2) is 5.82 Å². The molecule has 0 bridgehead atoms. The van der Waals surface area contributed by atoms with Crippen LogP contribution in [0.3, 0.4) is 0 Å². The summed E-state index contributed by atoms with van der Waals surface area (Å²) in [6, 6.07) is 6.38. The molecule has 0 fully saturated rings. The van der Waals surface area contributed by atoms with E-state index >= 15 is 0 Å². The van der Waals surface area contributed by atoms with Crippen LogP contribution in [0.1, 0.15) is 10.6 Å². The summed E-state index contributed by atoms with van der Waals surface area (Å²) in [5.74, 6) is -1.72. The van der Waals surface area contributed by atoms with Crippen LogP contribution >= 0.6 is 22.6 Å². The Kier molecular flexibility index (Phi) is 4.19. The molecule has 3 aromatic rings. The topological polar surface area (TPSA) is 104 Å². The van der Waals surface area contributed by atoms with Crippen LogP contribution in [0.2, 0.25) is 0 Å². The van der Waals surface area contributed by atoms with Gasteiger partial charge in [-0.15, -0.1) is 0 Å². The summed E-state index contributed by atoms with van der Waals surface area (Å²) in [7, 11) is 0. The van der Waals surface area contributed by atoms with Gasteiger partial charge in [-0.25, -0.2) is 14.2 Å². The number of benzene rings is 1. The molecule has 0 unspecified atom stereocenters. The molecular weight excluding hydrogens is 416 g/mol. The summed E-state index contributed by atoms with van der Waals surface area (Å²) in [6.45, 7) is 0. The highest BCUT2D eigenvalue weighted by Crippen LogP contribution is 2.28. The average molecular weight is 425 g/mol. The van der Waals surface area contributed by atoms with Crippen molar-refractivity contribution in [2.75, 3.05) is 5.32 Å². The number of carbonyl (C=O) groups is 1. The van der Waals surface area contributed by atoms with E-state index in [2.05, 4.69) is 25.5 Å².